The topological polar surface area (TPSA) is 175 Å². The predicted octanol–water partition coefficient (Wildman–Crippen LogP) is 12.7. The van der Waals surface area contributed by atoms with E-state index in [-0.39, 0.29) is 25.9 Å². The maximum absolute atomic E-state index is 13.0. The third-order valence-electron chi connectivity index (χ3n) is 11.9. The Hall–Kier alpha value is -3.32. The Morgan fingerprint density at radius 1 is 0.507 bits per heavy atom. The van der Waals surface area contributed by atoms with Crippen LogP contribution in [0.25, 0.3) is 0 Å². The number of aliphatic hydroxyl groups is 2. The molecule has 0 aromatic carbocycles. The molecule has 0 radical (unpaired) electrons. The van der Waals surface area contributed by atoms with Crippen molar-refractivity contribution in [1.82, 2.24) is 0 Å². The van der Waals surface area contributed by atoms with Gasteiger partial charge in [0.15, 0.2) is 24.6 Å². The van der Waals surface area contributed by atoms with Gasteiger partial charge in [-0.2, -0.15) is 0 Å². The van der Waals surface area contributed by atoms with E-state index in [1.54, 1.807) is 0 Å². The molecule has 12 nitrogen and oxygen atoms in total. The maximum Gasteiger partial charge on any atom is 0.335 e. The van der Waals surface area contributed by atoms with Crippen molar-refractivity contribution in [2.24, 2.45) is 0 Å². The van der Waals surface area contributed by atoms with Crippen LogP contribution in [0.15, 0.2) is 48.6 Å². The fourth-order valence-electron chi connectivity index (χ4n) is 7.77. The van der Waals surface area contributed by atoms with E-state index in [9.17, 15) is 34.5 Å². The Labute approximate surface area is 405 Å². The summed E-state index contributed by atoms with van der Waals surface area (Å²) in [6, 6.07) is 0. The van der Waals surface area contributed by atoms with E-state index in [1.807, 2.05) is 0 Å². The first-order valence-corrected chi connectivity index (χ1v) is 26.6. The van der Waals surface area contributed by atoms with Crippen LogP contribution in [-0.4, -0.2) is 89.2 Å². The summed E-state index contributed by atoms with van der Waals surface area (Å²) in [4.78, 5) is 50.8. The molecule has 386 valence electrons. The van der Waals surface area contributed by atoms with Gasteiger partial charge in [0.1, 0.15) is 18.8 Å². The molecule has 1 saturated heterocycles. The first-order valence-electron chi connectivity index (χ1n) is 26.6. The number of ether oxygens (including phenoxy) is 5. The highest BCUT2D eigenvalue weighted by molar-refractivity contribution is 5.74. The summed E-state index contributed by atoms with van der Waals surface area (Å²) in [7, 11) is 0. The number of aliphatic hydroxyl groups excluding tert-OH is 2. The molecule has 12 heteroatoms. The SMILES string of the molecule is CC/C=C\C/C=C\C/C=C\CCCCCC(=O)OC1C(OCC(COC(=O)CCCCCCCCCCCCCCC)OC(=O)CCCCCCC/C=C\CCCC)OC(C(=O)O)C(O)C1O. The van der Waals surface area contributed by atoms with Gasteiger partial charge in [-0.3, -0.25) is 14.4 Å². The molecule has 6 unspecified atom stereocenters. The molecule has 1 fully saturated rings. The van der Waals surface area contributed by atoms with Crippen LogP contribution in [0.5, 0.6) is 0 Å². The van der Waals surface area contributed by atoms with E-state index in [1.165, 1.54) is 70.6 Å². The van der Waals surface area contributed by atoms with E-state index >= 15 is 0 Å². The predicted molar refractivity (Wildman–Crippen MR) is 266 cm³/mol. The highest BCUT2D eigenvalue weighted by Gasteiger charge is 2.50. The number of aliphatic carboxylic acids is 1. The Morgan fingerprint density at radius 3 is 1.51 bits per heavy atom. The molecule has 6 atom stereocenters. The quantitative estimate of drug-likeness (QED) is 0.0228. The van der Waals surface area contributed by atoms with Gasteiger partial charge in [-0.15, -0.1) is 0 Å². The van der Waals surface area contributed by atoms with Gasteiger partial charge in [0.2, 0.25) is 0 Å². The second kappa shape index (κ2) is 43.9. The summed E-state index contributed by atoms with van der Waals surface area (Å²) in [5.74, 6) is -3.16. The van der Waals surface area contributed by atoms with Gasteiger partial charge in [-0.05, 0) is 70.6 Å². The Bertz CT molecular complexity index is 1360. The van der Waals surface area contributed by atoms with Crippen LogP contribution >= 0.6 is 0 Å². The third-order valence-corrected chi connectivity index (χ3v) is 11.9. The summed E-state index contributed by atoms with van der Waals surface area (Å²) >= 11 is 0. The second-order valence-corrected chi connectivity index (χ2v) is 18.1. The molecule has 1 aliphatic rings. The second-order valence-electron chi connectivity index (χ2n) is 18.1. The zero-order valence-electron chi connectivity index (χ0n) is 42.1. The lowest BCUT2D eigenvalue weighted by Crippen LogP contribution is -2.61. The Morgan fingerprint density at radius 2 is 0.955 bits per heavy atom. The normalized spacial score (nSPS) is 19.2. The van der Waals surface area contributed by atoms with Crippen molar-refractivity contribution in [3.05, 3.63) is 48.6 Å². The molecule has 1 heterocycles. The largest absolute Gasteiger partial charge is 0.479 e. The molecule has 0 saturated carbocycles. The molecule has 1 aliphatic heterocycles. The van der Waals surface area contributed by atoms with Crippen molar-refractivity contribution in [3.63, 3.8) is 0 Å². The average molecular weight is 947 g/mol. The Kier molecular flexibility index (Phi) is 40.4. The summed E-state index contributed by atoms with van der Waals surface area (Å²) < 4.78 is 28.2. The number of rotatable bonds is 44. The summed E-state index contributed by atoms with van der Waals surface area (Å²) in [5.41, 5.74) is 0. The first-order chi connectivity index (χ1) is 32.6. The van der Waals surface area contributed by atoms with Crippen LogP contribution in [-0.2, 0) is 42.9 Å². The first kappa shape index (κ1) is 61.7. The number of carbonyl (C=O) groups excluding carboxylic acids is 3. The molecular weight excluding hydrogens is 853 g/mol. The molecule has 0 spiro atoms. The van der Waals surface area contributed by atoms with Crippen LogP contribution in [0.2, 0.25) is 0 Å². The molecule has 3 N–H and O–H groups in total. The van der Waals surface area contributed by atoms with Crippen LogP contribution in [0.4, 0.5) is 0 Å². The van der Waals surface area contributed by atoms with Crippen molar-refractivity contribution in [3.8, 4) is 0 Å². The highest BCUT2D eigenvalue weighted by Crippen LogP contribution is 2.26. The van der Waals surface area contributed by atoms with E-state index in [0.29, 0.717) is 19.3 Å². The highest BCUT2D eigenvalue weighted by atomic mass is 16.7. The van der Waals surface area contributed by atoms with Crippen LogP contribution in [0.1, 0.15) is 226 Å². The molecule has 0 aromatic heterocycles. The van der Waals surface area contributed by atoms with Crippen molar-refractivity contribution in [1.29, 1.82) is 0 Å². The number of carbonyl (C=O) groups is 4. The smallest absolute Gasteiger partial charge is 0.335 e. The molecule has 0 bridgehead atoms. The van der Waals surface area contributed by atoms with Crippen LogP contribution in [0.3, 0.4) is 0 Å². The Balaban J connectivity index is 2.74. The van der Waals surface area contributed by atoms with Gasteiger partial charge < -0.3 is 39.0 Å². The lowest BCUT2D eigenvalue weighted by molar-refractivity contribution is -0.301. The lowest BCUT2D eigenvalue weighted by atomic mass is 9.98. The number of hydrogen-bond donors (Lipinski definition) is 3. The van der Waals surface area contributed by atoms with Gasteiger partial charge in [0.05, 0.1) is 6.61 Å². The van der Waals surface area contributed by atoms with E-state index in [4.69, 9.17) is 23.7 Å². The minimum atomic E-state index is -1.91. The van der Waals surface area contributed by atoms with Crippen molar-refractivity contribution in [2.45, 2.75) is 263 Å². The van der Waals surface area contributed by atoms with E-state index in [0.717, 1.165) is 96.3 Å². The van der Waals surface area contributed by atoms with Gasteiger partial charge >= 0.3 is 23.9 Å². The van der Waals surface area contributed by atoms with Crippen molar-refractivity contribution >= 4 is 23.9 Å². The number of hydrogen-bond acceptors (Lipinski definition) is 11. The van der Waals surface area contributed by atoms with Crippen molar-refractivity contribution in [2.75, 3.05) is 13.2 Å². The molecule has 0 amide bonds. The van der Waals surface area contributed by atoms with Gasteiger partial charge in [-0.25, -0.2) is 4.79 Å². The molecule has 0 aliphatic carbocycles. The van der Waals surface area contributed by atoms with Gasteiger partial charge in [-0.1, -0.05) is 185 Å². The molecule has 67 heavy (non-hydrogen) atoms. The van der Waals surface area contributed by atoms with Crippen molar-refractivity contribution < 1.29 is 58.2 Å². The lowest BCUT2D eigenvalue weighted by Gasteiger charge is -2.40. The standard InChI is InChI=1S/C55H94O12/c1-4-7-10-13-16-19-22-24-27-29-32-35-38-41-47(56)63-44-46(65-48(57)42-39-36-33-30-26-21-18-15-12-9-6-3)45-64-55-53(51(60)50(59)52(67-55)54(61)62)66-49(58)43-40-37-34-31-28-25-23-20-17-14-11-8-5-2/h8,11,15,17-18,20,25,28,46,50-53,55,59-60H,4-7,9-10,12-14,16,19,21-24,26-27,29-45H2,1-3H3,(H,61,62)/b11-8-,18-15-,20-17-,28-25-. The number of unbranched alkanes of at least 4 members (excludes halogenated alkanes) is 22. The van der Waals surface area contributed by atoms with Gasteiger partial charge in [0, 0.05) is 19.3 Å². The summed E-state index contributed by atoms with van der Waals surface area (Å²) in [6.07, 6.45) is 38.2. The average Bonchev–Trinajstić information content (AvgIpc) is 3.31. The monoisotopic (exact) mass is 947 g/mol. The number of carboxylic acids is 1. The molecule has 1 rings (SSSR count). The third kappa shape index (κ3) is 34.6. The van der Waals surface area contributed by atoms with Crippen LogP contribution in [0, 0.1) is 0 Å². The van der Waals surface area contributed by atoms with E-state index < -0.39 is 67.3 Å². The fourth-order valence-corrected chi connectivity index (χ4v) is 7.77. The number of allylic oxidation sites excluding steroid dienone is 8. The fraction of sp³-hybridized carbons (Fsp3) is 0.782. The minimum Gasteiger partial charge on any atom is -0.479 e. The van der Waals surface area contributed by atoms with Crippen LogP contribution < -0.4 is 0 Å². The number of esters is 3. The molecular formula is C55H94O12. The summed E-state index contributed by atoms with van der Waals surface area (Å²) in [6.45, 7) is 5.79. The summed E-state index contributed by atoms with van der Waals surface area (Å²) in [5, 5.41) is 31.3. The zero-order chi connectivity index (χ0) is 49.0. The maximum atomic E-state index is 13.0. The van der Waals surface area contributed by atoms with E-state index in [2.05, 4.69) is 69.4 Å². The molecule has 0 aromatic rings. The van der Waals surface area contributed by atoms with Gasteiger partial charge in [0.25, 0.3) is 0 Å². The minimum absolute atomic E-state index is 0.0255. The number of carboxylic acid groups (broad SMARTS) is 1. The zero-order valence-corrected chi connectivity index (χ0v) is 42.1.